The third-order valence-corrected chi connectivity index (χ3v) is 3.84. The standard InChI is InChI=1S/C16H20N4O/c21-16(19-7-3-6-15-17-8-9-18-15)14-10-12-4-1-2-5-13(12)11-20-14/h1-2,4-5,8-9,14,20H,3,6-7,10-11H2,(H,17,18)(H,19,21)/t14-/m1/s1. The van der Waals surface area contributed by atoms with Crippen LogP contribution in [0.2, 0.25) is 0 Å². The van der Waals surface area contributed by atoms with Gasteiger partial charge >= 0.3 is 0 Å². The molecule has 1 amide bonds. The average molecular weight is 284 g/mol. The van der Waals surface area contributed by atoms with Gasteiger partial charge in [-0.15, -0.1) is 0 Å². The molecule has 5 nitrogen and oxygen atoms in total. The number of aromatic nitrogens is 2. The van der Waals surface area contributed by atoms with Crippen LogP contribution in [0.15, 0.2) is 36.7 Å². The lowest BCUT2D eigenvalue weighted by Gasteiger charge is -2.25. The molecule has 1 aromatic heterocycles. The molecule has 2 heterocycles. The van der Waals surface area contributed by atoms with Crippen LogP contribution in [0.1, 0.15) is 23.4 Å². The first-order chi connectivity index (χ1) is 10.3. The van der Waals surface area contributed by atoms with Crippen LogP contribution in [0.25, 0.3) is 0 Å². The van der Waals surface area contributed by atoms with Crippen LogP contribution in [-0.4, -0.2) is 28.5 Å². The SMILES string of the molecule is O=C(NCCCc1ncc[nH]1)[C@H]1Cc2ccccc2CN1. The number of rotatable bonds is 5. The summed E-state index contributed by atoms with van der Waals surface area (Å²) < 4.78 is 0. The Bertz CT molecular complexity index is 594. The number of carbonyl (C=O) groups excluding carboxylic acids is 1. The fourth-order valence-electron chi connectivity index (χ4n) is 2.67. The number of fused-ring (bicyclic) bond motifs is 1. The third-order valence-electron chi connectivity index (χ3n) is 3.84. The van der Waals surface area contributed by atoms with Crippen molar-refractivity contribution in [3.05, 3.63) is 53.6 Å². The van der Waals surface area contributed by atoms with Crippen molar-refractivity contribution in [2.75, 3.05) is 6.54 Å². The number of benzene rings is 1. The predicted molar refractivity (Wildman–Crippen MR) is 80.7 cm³/mol. The molecule has 0 radical (unpaired) electrons. The van der Waals surface area contributed by atoms with Crippen LogP contribution < -0.4 is 10.6 Å². The minimum atomic E-state index is -0.122. The number of nitrogens with zero attached hydrogens (tertiary/aromatic N) is 1. The van der Waals surface area contributed by atoms with Gasteiger partial charge in [-0.05, 0) is 24.0 Å². The van der Waals surface area contributed by atoms with E-state index >= 15 is 0 Å². The van der Waals surface area contributed by atoms with Gasteiger partial charge in [-0.25, -0.2) is 4.98 Å². The number of aromatic amines is 1. The second-order valence-electron chi connectivity index (χ2n) is 5.34. The highest BCUT2D eigenvalue weighted by atomic mass is 16.2. The summed E-state index contributed by atoms with van der Waals surface area (Å²) in [6.45, 7) is 1.44. The molecule has 3 rings (SSSR count). The van der Waals surface area contributed by atoms with Crippen LogP contribution in [0, 0.1) is 0 Å². The Kier molecular flexibility index (Phi) is 4.31. The third kappa shape index (κ3) is 3.49. The zero-order valence-corrected chi connectivity index (χ0v) is 11.9. The lowest BCUT2D eigenvalue weighted by atomic mass is 9.95. The summed E-state index contributed by atoms with van der Waals surface area (Å²) in [4.78, 5) is 19.4. The molecule has 0 fully saturated rings. The Balaban J connectivity index is 1.44. The molecule has 0 aliphatic carbocycles. The quantitative estimate of drug-likeness (QED) is 0.722. The summed E-state index contributed by atoms with van der Waals surface area (Å²) in [5, 5.41) is 6.30. The average Bonchev–Trinajstić information content (AvgIpc) is 3.04. The molecule has 0 saturated carbocycles. The number of nitrogens with one attached hydrogen (secondary N) is 3. The van der Waals surface area contributed by atoms with Crippen molar-refractivity contribution < 1.29 is 4.79 Å². The van der Waals surface area contributed by atoms with Gasteiger partial charge in [0.05, 0.1) is 6.04 Å². The lowest BCUT2D eigenvalue weighted by Crippen LogP contribution is -2.47. The van der Waals surface area contributed by atoms with E-state index < -0.39 is 0 Å². The molecular weight excluding hydrogens is 264 g/mol. The van der Waals surface area contributed by atoms with Crippen LogP contribution in [0.4, 0.5) is 0 Å². The van der Waals surface area contributed by atoms with Crippen molar-refractivity contribution in [1.82, 2.24) is 20.6 Å². The van der Waals surface area contributed by atoms with Gasteiger partial charge in [0.2, 0.25) is 5.91 Å². The molecule has 21 heavy (non-hydrogen) atoms. The molecule has 1 aliphatic rings. The second kappa shape index (κ2) is 6.54. The molecule has 1 aliphatic heterocycles. The zero-order valence-electron chi connectivity index (χ0n) is 11.9. The summed E-state index contributed by atoms with van der Waals surface area (Å²) in [5.41, 5.74) is 2.56. The summed E-state index contributed by atoms with van der Waals surface area (Å²) in [6, 6.07) is 8.16. The van der Waals surface area contributed by atoms with Crippen molar-refractivity contribution >= 4 is 5.91 Å². The number of aryl methyl sites for hydroxylation is 1. The number of amides is 1. The van der Waals surface area contributed by atoms with Crippen LogP contribution in [0.3, 0.4) is 0 Å². The zero-order chi connectivity index (χ0) is 14.5. The van der Waals surface area contributed by atoms with E-state index in [4.69, 9.17) is 0 Å². The largest absolute Gasteiger partial charge is 0.355 e. The predicted octanol–water partition coefficient (Wildman–Crippen LogP) is 1.17. The minimum absolute atomic E-state index is 0.0870. The van der Waals surface area contributed by atoms with E-state index in [0.29, 0.717) is 6.54 Å². The van der Waals surface area contributed by atoms with Crippen molar-refractivity contribution in [2.45, 2.75) is 31.8 Å². The lowest BCUT2D eigenvalue weighted by molar-refractivity contribution is -0.123. The smallest absolute Gasteiger partial charge is 0.237 e. The van der Waals surface area contributed by atoms with Gasteiger partial charge in [0.25, 0.3) is 0 Å². The molecule has 0 bridgehead atoms. The topological polar surface area (TPSA) is 69.8 Å². The number of hydrogen-bond donors (Lipinski definition) is 3. The van der Waals surface area contributed by atoms with Gasteiger partial charge in [0.15, 0.2) is 0 Å². The Morgan fingerprint density at radius 3 is 3.00 bits per heavy atom. The van der Waals surface area contributed by atoms with E-state index in [0.717, 1.165) is 31.6 Å². The van der Waals surface area contributed by atoms with E-state index in [1.54, 1.807) is 6.20 Å². The first-order valence-electron chi connectivity index (χ1n) is 7.39. The minimum Gasteiger partial charge on any atom is -0.355 e. The molecule has 3 N–H and O–H groups in total. The van der Waals surface area contributed by atoms with Gasteiger partial charge in [-0.3, -0.25) is 4.79 Å². The van der Waals surface area contributed by atoms with Gasteiger partial charge in [-0.2, -0.15) is 0 Å². The Morgan fingerprint density at radius 1 is 1.33 bits per heavy atom. The maximum atomic E-state index is 12.2. The highest BCUT2D eigenvalue weighted by Gasteiger charge is 2.23. The van der Waals surface area contributed by atoms with Gasteiger partial charge in [0.1, 0.15) is 5.82 Å². The van der Waals surface area contributed by atoms with Crippen molar-refractivity contribution in [3.63, 3.8) is 0 Å². The first-order valence-corrected chi connectivity index (χ1v) is 7.39. The van der Waals surface area contributed by atoms with Crippen molar-refractivity contribution in [1.29, 1.82) is 0 Å². The van der Waals surface area contributed by atoms with E-state index in [-0.39, 0.29) is 11.9 Å². The number of hydrogen-bond acceptors (Lipinski definition) is 3. The maximum Gasteiger partial charge on any atom is 0.237 e. The molecule has 0 spiro atoms. The maximum absolute atomic E-state index is 12.2. The highest BCUT2D eigenvalue weighted by Crippen LogP contribution is 2.16. The highest BCUT2D eigenvalue weighted by molar-refractivity contribution is 5.82. The van der Waals surface area contributed by atoms with Crippen molar-refractivity contribution in [3.8, 4) is 0 Å². The molecule has 2 aromatic rings. The summed E-state index contributed by atoms with van der Waals surface area (Å²) in [5.74, 6) is 1.05. The Morgan fingerprint density at radius 2 is 2.19 bits per heavy atom. The first kappa shape index (κ1) is 13.8. The van der Waals surface area contributed by atoms with E-state index in [2.05, 4.69) is 32.7 Å². The van der Waals surface area contributed by atoms with E-state index in [1.165, 1.54) is 11.1 Å². The fourth-order valence-corrected chi connectivity index (χ4v) is 2.67. The van der Waals surface area contributed by atoms with E-state index in [1.807, 2.05) is 18.3 Å². The number of carbonyl (C=O) groups is 1. The number of imidazole rings is 1. The monoisotopic (exact) mass is 284 g/mol. The second-order valence-corrected chi connectivity index (χ2v) is 5.34. The van der Waals surface area contributed by atoms with Gasteiger partial charge in [0, 0.05) is 31.9 Å². The van der Waals surface area contributed by atoms with Crippen LogP contribution >= 0.6 is 0 Å². The molecule has 1 atom stereocenters. The Hall–Kier alpha value is -2.14. The normalized spacial score (nSPS) is 17.2. The fraction of sp³-hybridized carbons (Fsp3) is 0.375. The molecule has 5 heteroatoms. The molecule has 0 unspecified atom stereocenters. The van der Waals surface area contributed by atoms with Gasteiger partial charge < -0.3 is 15.6 Å². The Labute approximate surface area is 124 Å². The number of H-pyrrole nitrogens is 1. The van der Waals surface area contributed by atoms with Crippen LogP contribution in [0.5, 0.6) is 0 Å². The summed E-state index contributed by atoms with van der Waals surface area (Å²) in [7, 11) is 0. The molecule has 1 aromatic carbocycles. The summed E-state index contributed by atoms with van der Waals surface area (Å²) in [6.07, 6.45) is 6.07. The molecule has 0 saturated heterocycles. The van der Waals surface area contributed by atoms with Crippen molar-refractivity contribution in [2.24, 2.45) is 0 Å². The molecular formula is C16H20N4O. The van der Waals surface area contributed by atoms with Crippen LogP contribution in [-0.2, 0) is 24.2 Å². The van der Waals surface area contributed by atoms with E-state index in [9.17, 15) is 4.79 Å². The van der Waals surface area contributed by atoms with Gasteiger partial charge in [-0.1, -0.05) is 24.3 Å². The summed E-state index contributed by atoms with van der Waals surface area (Å²) >= 11 is 0. The molecule has 110 valence electrons.